The fourth-order valence-corrected chi connectivity index (χ4v) is 3.69. The van der Waals surface area contributed by atoms with E-state index < -0.39 is 0 Å². The van der Waals surface area contributed by atoms with Crippen molar-refractivity contribution in [2.45, 2.75) is 52.1 Å². The molecule has 1 heterocycles. The van der Waals surface area contributed by atoms with Gasteiger partial charge in [0.25, 0.3) is 0 Å². The van der Waals surface area contributed by atoms with Crippen LogP contribution >= 0.6 is 0 Å². The maximum absolute atomic E-state index is 6.02. The minimum Gasteiger partial charge on any atom is -0.488 e. The fraction of sp³-hybridized carbons (Fsp3) is 0.667. The molecule has 0 saturated heterocycles. The molecule has 1 aliphatic carbocycles. The Hall–Kier alpha value is -1.02. The van der Waals surface area contributed by atoms with Crippen molar-refractivity contribution in [2.24, 2.45) is 11.8 Å². The van der Waals surface area contributed by atoms with E-state index in [1.165, 1.54) is 36.8 Å². The molecule has 1 saturated carbocycles. The zero-order valence-corrected chi connectivity index (χ0v) is 12.8. The van der Waals surface area contributed by atoms with Crippen LogP contribution in [0.2, 0.25) is 0 Å². The van der Waals surface area contributed by atoms with Gasteiger partial charge in [-0.25, -0.2) is 0 Å². The minimum atomic E-state index is 0.325. The number of fused-ring (bicyclic) bond motifs is 1. The SMILES string of the molecule is Cc1ccc2c(c1)CC(CNCC1CCCCC1C)O2. The second kappa shape index (κ2) is 6.17. The van der Waals surface area contributed by atoms with Crippen molar-refractivity contribution < 1.29 is 4.74 Å². The van der Waals surface area contributed by atoms with Gasteiger partial charge in [0.1, 0.15) is 11.9 Å². The second-order valence-electron chi connectivity index (χ2n) is 6.74. The van der Waals surface area contributed by atoms with Gasteiger partial charge in [0.15, 0.2) is 0 Å². The summed E-state index contributed by atoms with van der Waals surface area (Å²) in [5.41, 5.74) is 2.71. The molecule has 0 spiro atoms. The van der Waals surface area contributed by atoms with Crippen LogP contribution in [0.15, 0.2) is 18.2 Å². The van der Waals surface area contributed by atoms with Gasteiger partial charge in [0, 0.05) is 13.0 Å². The predicted octanol–water partition coefficient (Wildman–Crippen LogP) is 3.71. The lowest BCUT2D eigenvalue weighted by atomic mass is 9.80. The van der Waals surface area contributed by atoms with Crippen molar-refractivity contribution in [3.8, 4) is 5.75 Å². The molecule has 1 aliphatic heterocycles. The van der Waals surface area contributed by atoms with Crippen LogP contribution in [0.1, 0.15) is 43.7 Å². The third-order valence-corrected chi connectivity index (χ3v) is 5.02. The normalized spacial score (nSPS) is 29.0. The summed E-state index contributed by atoms with van der Waals surface area (Å²) in [4.78, 5) is 0. The van der Waals surface area contributed by atoms with Gasteiger partial charge in [-0.05, 0) is 43.4 Å². The van der Waals surface area contributed by atoms with E-state index in [1.807, 2.05) is 0 Å². The van der Waals surface area contributed by atoms with Crippen molar-refractivity contribution >= 4 is 0 Å². The quantitative estimate of drug-likeness (QED) is 0.903. The first-order valence-corrected chi connectivity index (χ1v) is 8.19. The molecule has 0 bridgehead atoms. The smallest absolute Gasteiger partial charge is 0.123 e. The lowest BCUT2D eigenvalue weighted by molar-refractivity contribution is 0.207. The first kappa shape index (κ1) is 13.9. The first-order chi connectivity index (χ1) is 9.72. The lowest BCUT2D eigenvalue weighted by Gasteiger charge is -2.29. The van der Waals surface area contributed by atoms with Gasteiger partial charge in [0.2, 0.25) is 0 Å². The van der Waals surface area contributed by atoms with Gasteiger partial charge >= 0.3 is 0 Å². The van der Waals surface area contributed by atoms with Crippen molar-refractivity contribution in [3.63, 3.8) is 0 Å². The minimum absolute atomic E-state index is 0.325. The van der Waals surface area contributed by atoms with Crippen LogP contribution in [0.5, 0.6) is 5.75 Å². The molecule has 3 rings (SSSR count). The molecule has 0 radical (unpaired) electrons. The molecule has 2 heteroatoms. The molecule has 1 N–H and O–H groups in total. The summed E-state index contributed by atoms with van der Waals surface area (Å²) < 4.78 is 6.02. The zero-order chi connectivity index (χ0) is 13.9. The number of hydrogen-bond acceptors (Lipinski definition) is 2. The topological polar surface area (TPSA) is 21.3 Å². The second-order valence-corrected chi connectivity index (χ2v) is 6.74. The maximum atomic E-state index is 6.02. The highest BCUT2D eigenvalue weighted by molar-refractivity contribution is 5.40. The molecule has 2 aliphatic rings. The molecule has 20 heavy (non-hydrogen) atoms. The fourth-order valence-electron chi connectivity index (χ4n) is 3.69. The molecule has 1 aromatic rings. The highest BCUT2D eigenvalue weighted by atomic mass is 16.5. The maximum Gasteiger partial charge on any atom is 0.123 e. The molecule has 3 unspecified atom stereocenters. The molecule has 0 aromatic heterocycles. The van der Waals surface area contributed by atoms with E-state index in [2.05, 4.69) is 37.4 Å². The van der Waals surface area contributed by atoms with Gasteiger partial charge in [-0.1, -0.05) is 43.9 Å². The third kappa shape index (κ3) is 3.17. The van der Waals surface area contributed by atoms with Crippen LogP contribution in [0.25, 0.3) is 0 Å². The molecule has 0 amide bonds. The Bertz CT molecular complexity index is 457. The number of rotatable bonds is 4. The van der Waals surface area contributed by atoms with Gasteiger partial charge in [-0.15, -0.1) is 0 Å². The van der Waals surface area contributed by atoms with Crippen molar-refractivity contribution in [3.05, 3.63) is 29.3 Å². The highest BCUT2D eigenvalue weighted by Gasteiger charge is 2.24. The van der Waals surface area contributed by atoms with E-state index in [9.17, 15) is 0 Å². The summed E-state index contributed by atoms with van der Waals surface area (Å²) in [6, 6.07) is 6.52. The average Bonchev–Trinajstić information content (AvgIpc) is 2.83. The van der Waals surface area contributed by atoms with E-state index in [0.29, 0.717) is 6.10 Å². The van der Waals surface area contributed by atoms with Crippen molar-refractivity contribution in [1.29, 1.82) is 0 Å². The van der Waals surface area contributed by atoms with E-state index >= 15 is 0 Å². The van der Waals surface area contributed by atoms with Crippen LogP contribution in [0, 0.1) is 18.8 Å². The van der Waals surface area contributed by atoms with Gasteiger partial charge in [-0.2, -0.15) is 0 Å². The van der Waals surface area contributed by atoms with E-state index in [4.69, 9.17) is 4.74 Å². The number of nitrogens with one attached hydrogen (secondary N) is 1. The average molecular weight is 273 g/mol. The summed E-state index contributed by atoms with van der Waals surface area (Å²) in [5, 5.41) is 3.65. The van der Waals surface area contributed by atoms with E-state index in [-0.39, 0.29) is 0 Å². The van der Waals surface area contributed by atoms with Crippen molar-refractivity contribution in [1.82, 2.24) is 5.32 Å². The van der Waals surface area contributed by atoms with Crippen LogP contribution in [0.4, 0.5) is 0 Å². The molecule has 110 valence electrons. The third-order valence-electron chi connectivity index (χ3n) is 5.02. The van der Waals surface area contributed by atoms with Crippen molar-refractivity contribution in [2.75, 3.05) is 13.1 Å². The van der Waals surface area contributed by atoms with Gasteiger partial charge in [0.05, 0.1) is 0 Å². The van der Waals surface area contributed by atoms with E-state index in [1.54, 1.807) is 0 Å². The summed E-state index contributed by atoms with van der Waals surface area (Å²) >= 11 is 0. The number of benzene rings is 1. The van der Waals surface area contributed by atoms with Crippen LogP contribution in [0.3, 0.4) is 0 Å². The zero-order valence-electron chi connectivity index (χ0n) is 12.8. The van der Waals surface area contributed by atoms with Crippen LogP contribution in [-0.2, 0) is 6.42 Å². The largest absolute Gasteiger partial charge is 0.488 e. The molecular formula is C18H27NO. The van der Waals surface area contributed by atoms with Crippen LogP contribution < -0.4 is 10.1 Å². The summed E-state index contributed by atoms with van der Waals surface area (Å²) in [6.45, 7) is 6.71. The first-order valence-electron chi connectivity index (χ1n) is 8.19. The Morgan fingerprint density at radius 2 is 2.05 bits per heavy atom. The summed E-state index contributed by atoms with van der Waals surface area (Å²) in [5.74, 6) is 2.85. The molecule has 1 fully saturated rings. The Kier molecular flexibility index (Phi) is 4.30. The van der Waals surface area contributed by atoms with Crippen LogP contribution in [-0.4, -0.2) is 19.2 Å². The standard InChI is InChI=1S/C18H27NO/c1-13-7-8-18-16(9-13)10-17(20-18)12-19-11-15-6-4-3-5-14(15)2/h7-9,14-15,17,19H,3-6,10-12H2,1-2H3. The molecule has 3 atom stereocenters. The monoisotopic (exact) mass is 273 g/mol. The Balaban J connectivity index is 1.44. The Morgan fingerprint density at radius 1 is 1.20 bits per heavy atom. The lowest BCUT2D eigenvalue weighted by Crippen LogP contribution is -2.35. The van der Waals surface area contributed by atoms with Gasteiger partial charge < -0.3 is 10.1 Å². The van der Waals surface area contributed by atoms with E-state index in [0.717, 1.165) is 37.1 Å². The highest BCUT2D eigenvalue weighted by Crippen LogP contribution is 2.30. The molecule has 1 aromatic carbocycles. The van der Waals surface area contributed by atoms with Gasteiger partial charge in [-0.3, -0.25) is 0 Å². The Labute approximate surface area is 122 Å². The number of ether oxygens (including phenoxy) is 1. The number of hydrogen-bond donors (Lipinski definition) is 1. The number of aryl methyl sites for hydroxylation is 1. The summed E-state index contributed by atoms with van der Waals surface area (Å²) in [7, 11) is 0. The molecular weight excluding hydrogens is 246 g/mol. The Morgan fingerprint density at radius 3 is 2.90 bits per heavy atom. The molecule has 2 nitrogen and oxygen atoms in total. The summed E-state index contributed by atoms with van der Waals surface area (Å²) in [6.07, 6.45) is 7.05. The predicted molar refractivity (Wildman–Crippen MR) is 83.3 cm³/mol.